The number of rotatable bonds is 5. The van der Waals surface area contributed by atoms with E-state index in [2.05, 4.69) is 0 Å². The summed E-state index contributed by atoms with van der Waals surface area (Å²) >= 11 is 0. The lowest BCUT2D eigenvalue weighted by atomic mass is 10.1. The molecule has 3 N–H and O–H groups in total. The van der Waals surface area contributed by atoms with E-state index < -0.39 is 17.9 Å². The molecule has 0 aliphatic carbocycles. The van der Waals surface area contributed by atoms with Crippen molar-refractivity contribution >= 4 is 11.9 Å². The van der Waals surface area contributed by atoms with Crippen LogP contribution in [0.5, 0.6) is 0 Å². The normalized spacial score (nSPS) is 23.9. The van der Waals surface area contributed by atoms with Crippen LogP contribution in [0.4, 0.5) is 0 Å². The van der Waals surface area contributed by atoms with Crippen molar-refractivity contribution < 1.29 is 19.4 Å². The van der Waals surface area contributed by atoms with Crippen LogP contribution >= 0.6 is 0 Å². The van der Waals surface area contributed by atoms with Gasteiger partial charge in [-0.2, -0.15) is 0 Å². The molecule has 1 fully saturated rings. The highest BCUT2D eigenvalue weighted by Gasteiger charge is 2.32. The summed E-state index contributed by atoms with van der Waals surface area (Å²) in [6, 6.07) is -0.656. The lowest BCUT2D eigenvalue weighted by Crippen LogP contribution is -2.55. The van der Waals surface area contributed by atoms with Crippen molar-refractivity contribution in [2.75, 3.05) is 19.8 Å². The number of carbonyl (C=O) groups excluding carboxylic acids is 1. The number of morpholine rings is 1. The van der Waals surface area contributed by atoms with Crippen molar-refractivity contribution in [2.45, 2.75) is 31.8 Å². The molecule has 2 unspecified atom stereocenters. The van der Waals surface area contributed by atoms with E-state index in [0.717, 1.165) is 0 Å². The molecule has 6 nitrogen and oxygen atoms in total. The second kappa shape index (κ2) is 5.81. The molecule has 1 rings (SSSR count). The van der Waals surface area contributed by atoms with Crippen molar-refractivity contribution in [2.24, 2.45) is 5.73 Å². The van der Waals surface area contributed by atoms with Gasteiger partial charge in [-0.15, -0.1) is 0 Å². The molecule has 0 bridgehead atoms. The predicted octanol–water partition coefficient (Wildman–Crippen LogP) is -0.574. The number of hydrogen-bond donors (Lipinski definition) is 2. The molecule has 1 heterocycles. The number of carbonyl (C=O) groups is 2. The lowest BCUT2D eigenvalue weighted by molar-refractivity contribution is -0.143. The van der Waals surface area contributed by atoms with Gasteiger partial charge >= 0.3 is 5.97 Å². The number of aliphatic carboxylic acids is 1. The van der Waals surface area contributed by atoms with Crippen LogP contribution in [0.25, 0.3) is 0 Å². The maximum Gasteiger partial charge on any atom is 0.305 e. The van der Waals surface area contributed by atoms with Gasteiger partial charge < -0.3 is 15.6 Å². The monoisotopic (exact) mass is 230 g/mol. The molecule has 6 heteroatoms. The molecular weight excluding hydrogens is 212 g/mol. The first-order chi connectivity index (χ1) is 7.56. The molecule has 1 aliphatic heterocycles. The number of nitrogens with zero attached hydrogens (tertiary/aromatic N) is 1. The molecule has 1 amide bonds. The Morgan fingerprint density at radius 3 is 2.81 bits per heavy atom. The van der Waals surface area contributed by atoms with Crippen LogP contribution in [0.3, 0.4) is 0 Å². The molecule has 2 atom stereocenters. The van der Waals surface area contributed by atoms with Crippen LogP contribution in [0, 0.1) is 0 Å². The molecule has 1 saturated heterocycles. The van der Waals surface area contributed by atoms with E-state index in [0.29, 0.717) is 26.2 Å². The average Bonchev–Trinajstić information content (AvgIpc) is 2.20. The molecule has 0 saturated carbocycles. The quantitative estimate of drug-likeness (QED) is 0.659. The Kier molecular flexibility index (Phi) is 4.70. The maximum absolute atomic E-state index is 11.3. The van der Waals surface area contributed by atoms with Gasteiger partial charge in [0.15, 0.2) is 0 Å². The minimum atomic E-state index is -0.889. The van der Waals surface area contributed by atoms with Crippen molar-refractivity contribution in [3.63, 3.8) is 0 Å². The average molecular weight is 230 g/mol. The van der Waals surface area contributed by atoms with E-state index in [1.54, 1.807) is 0 Å². The highest BCUT2D eigenvalue weighted by molar-refractivity contribution is 5.80. The van der Waals surface area contributed by atoms with Gasteiger partial charge in [-0.1, -0.05) is 6.92 Å². The zero-order valence-electron chi connectivity index (χ0n) is 9.39. The number of amides is 1. The SMILES string of the molecule is CCC(C(N)=O)N1CCOCC1CC(=O)O. The van der Waals surface area contributed by atoms with Gasteiger partial charge in [-0.05, 0) is 6.42 Å². The van der Waals surface area contributed by atoms with Gasteiger partial charge in [0.1, 0.15) is 0 Å². The van der Waals surface area contributed by atoms with Crippen LogP contribution in [-0.2, 0) is 14.3 Å². The fourth-order valence-corrected chi connectivity index (χ4v) is 2.05. The van der Waals surface area contributed by atoms with Gasteiger partial charge in [0.25, 0.3) is 0 Å². The summed E-state index contributed by atoms with van der Waals surface area (Å²) in [7, 11) is 0. The molecule has 0 spiro atoms. The third-order valence-corrected chi connectivity index (χ3v) is 2.80. The van der Waals surface area contributed by atoms with Gasteiger partial charge in [0.05, 0.1) is 25.7 Å². The number of ether oxygens (including phenoxy) is 1. The molecule has 0 radical (unpaired) electrons. The molecule has 92 valence electrons. The number of carboxylic acids is 1. The highest BCUT2D eigenvalue weighted by atomic mass is 16.5. The van der Waals surface area contributed by atoms with Gasteiger partial charge in [-0.3, -0.25) is 14.5 Å². The number of primary amides is 1. The van der Waals surface area contributed by atoms with E-state index in [4.69, 9.17) is 15.6 Å². The first-order valence-electron chi connectivity index (χ1n) is 5.40. The van der Waals surface area contributed by atoms with Crippen LogP contribution in [0.2, 0.25) is 0 Å². The molecular formula is C10H18N2O4. The summed E-state index contributed by atoms with van der Waals surface area (Å²) in [4.78, 5) is 23.8. The molecule has 16 heavy (non-hydrogen) atoms. The molecule has 1 aliphatic rings. The minimum absolute atomic E-state index is 0.0240. The topological polar surface area (TPSA) is 92.9 Å². The van der Waals surface area contributed by atoms with Crippen molar-refractivity contribution in [1.82, 2.24) is 4.90 Å². The summed E-state index contributed by atoms with van der Waals surface area (Å²) in [6.07, 6.45) is 0.565. The lowest BCUT2D eigenvalue weighted by Gasteiger charge is -2.38. The van der Waals surface area contributed by atoms with Crippen molar-refractivity contribution in [1.29, 1.82) is 0 Å². The van der Waals surface area contributed by atoms with Crippen LogP contribution in [0.15, 0.2) is 0 Å². The summed E-state index contributed by atoms with van der Waals surface area (Å²) in [5.74, 6) is -1.29. The molecule has 0 aromatic heterocycles. The third kappa shape index (κ3) is 3.18. The van der Waals surface area contributed by atoms with Crippen LogP contribution in [0.1, 0.15) is 19.8 Å². The Morgan fingerprint density at radius 2 is 2.31 bits per heavy atom. The van der Waals surface area contributed by atoms with Crippen molar-refractivity contribution in [3.8, 4) is 0 Å². The zero-order chi connectivity index (χ0) is 12.1. The molecule has 0 aromatic carbocycles. The van der Waals surface area contributed by atoms with Gasteiger partial charge in [-0.25, -0.2) is 0 Å². The Balaban J connectivity index is 2.71. The highest BCUT2D eigenvalue weighted by Crippen LogP contribution is 2.16. The summed E-state index contributed by atoms with van der Waals surface area (Å²) < 4.78 is 5.23. The van der Waals surface area contributed by atoms with E-state index in [-0.39, 0.29) is 12.5 Å². The zero-order valence-corrected chi connectivity index (χ0v) is 9.39. The van der Waals surface area contributed by atoms with Crippen LogP contribution in [-0.4, -0.2) is 53.7 Å². The van der Waals surface area contributed by atoms with E-state index in [1.165, 1.54) is 0 Å². The van der Waals surface area contributed by atoms with E-state index >= 15 is 0 Å². The Bertz CT molecular complexity index is 270. The minimum Gasteiger partial charge on any atom is -0.481 e. The van der Waals surface area contributed by atoms with Gasteiger partial charge in [0, 0.05) is 12.6 Å². The Hall–Kier alpha value is -1.14. The first kappa shape index (κ1) is 12.9. The largest absolute Gasteiger partial charge is 0.481 e. The first-order valence-corrected chi connectivity index (χ1v) is 5.40. The second-order valence-electron chi connectivity index (χ2n) is 3.89. The van der Waals surface area contributed by atoms with Gasteiger partial charge in [0.2, 0.25) is 5.91 Å². The second-order valence-corrected chi connectivity index (χ2v) is 3.89. The predicted molar refractivity (Wildman–Crippen MR) is 56.8 cm³/mol. The van der Waals surface area contributed by atoms with E-state index in [9.17, 15) is 9.59 Å². The summed E-state index contributed by atoms with van der Waals surface area (Å²) in [5.41, 5.74) is 5.30. The Morgan fingerprint density at radius 1 is 1.62 bits per heavy atom. The fourth-order valence-electron chi connectivity index (χ4n) is 2.05. The summed E-state index contributed by atoms with van der Waals surface area (Å²) in [6.45, 7) is 3.28. The third-order valence-electron chi connectivity index (χ3n) is 2.80. The number of hydrogen-bond acceptors (Lipinski definition) is 4. The van der Waals surface area contributed by atoms with Crippen LogP contribution < -0.4 is 5.73 Å². The smallest absolute Gasteiger partial charge is 0.305 e. The Labute approximate surface area is 94.3 Å². The fraction of sp³-hybridized carbons (Fsp3) is 0.800. The van der Waals surface area contributed by atoms with Crippen molar-refractivity contribution in [3.05, 3.63) is 0 Å². The molecule has 0 aromatic rings. The maximum atomic E-state index is 11.3. The standard InChI is InChI=1S/C10H18N2O4/c1-2-8(10(11)15)12-3-4-16-6-7(12)5-9(13)14/h7-8H,2-6H2,1H3,(H2,11,15)(H,13,14). The van der Waals surface area contributed by atoms with E-state index in [1.807, 2.05) is 11.8 Å². The number of carboxylic acid groups (broad SMARTS) is 1. The summed E-state index contributed by atoms with van der Waals surface area (Å²) in [5, 5.41) is 8.78. The number of nitrogens with two attached hydrogens (primary N) is 1.